The zero-order valence-electron chi connectivity index (χ0n) is 18.3. The van der Waals surface area contributed by atoms with Gasteiger partial charge < -0.3 is 18.5 Å². The Kier molecular flexibility index (Phi) is 7.23. The molecule has 0 N–H and O–H groups in total. The minimum absolute atomic E-state index is 0.0155. The fourth-order valence-corrected chi connectivity index (χ4v) is 3.64. The van der Waals surface area contributed by atoms with Crippen molar-refractivity contribution in [2.45, 2.75) is 51.9 Å². The summed E-state index contributed by atoms with van der Waals surface area (Å²) < 4.78 is 32.5. The number of hydrogen-bond acceptors (Lipinski definition) is 5. The van der Waals surface area contributed by atoms with Crippen molar-refractivity contribution < 1.29 is 23.1 Å². The number of esters is 1. The van der Waals surface area contributed by atoms with Gasteiger partial charge in [-0.25, -0.2) is 9.78 Å². The number of benzene rings is 1. The summed E-state index contributed by atoms with van der Waals surface area (Å²) in [4.78, 5) is 16.1. The maximum absolute atomic E-state index is 14.4. The van der Waals surface area contributed by atoms with E-state index in [0.717, 1.165) is 5.56 Å². The molecule has 0 fully saturated rings. The summed E-state index contributed by atoms with van der Waals surface area (Å²) in [5.74, 6) is -0.886. The van der Waals surface area contributed by atoms with Crippen molar-refractivity contribution in [2.75, 3.05) is 20.3 Å². The molecule has 0 aliphatic heterocycles. The lowest BCUT2D eigenvalue weighted by Crippen LogP contribution is -2.42. The second-order valence-corrected chi connectivity index (χ2v) is 13.2. The second kappa shape index (κ2) is 9.09. The first-order valence-corrected chi connectivity index (χ1v) is 12.6. The lowest BCUT2D eigenvalue weighted by atomic mass is 10.1. The summed E-state index contributed by atoms with van der Waals surface area (Å²) in [7, 11) is -0.478. The third-order valence-corrected chi connectivity index (χ3v) is 9.96. The average molecular weight is 423 g/mol. The van der Waals surface area contributed by atoms with Crippen LogP contribution in [0, 0.1) is 5.95 Å². The van der Waals surface area contributed by atoms with Gasteiger partial charge in [-0.2, -0.15) is 4.39 Å². The number of methoxy groups -OCH3 is 1. The van der Waals surface area contributed by atoms with E-state index < -0.39 is 26.3 Å². The Morgan fingerprint density at radius 1 is 1.24 bits per heavy atom. The predicted octanol–water partition coefficient (Wildman–Crippen LogP) is 4.82. The van der Waals surface area contributed by atoms with E-state index in [1.807, 2.05) is 24.3 Å². The van der Waals surface area contributed by atoms with Crippen LogP contribution in [0.3, 0.4) is 0 Å². The molecule has 0 amide bonds. The largest absolute Gasteiger partial charge is 0.497 e. The first kappa shape index (κ1) is 23.1. The fourth-order valence-electron chi connectivity index (χ4n) is 2.63. The van der Waals surface area contributed by atoms with Gasteiger partial charge in [-0.3, -0.25) is 0 Å². The summed E-state index contributed by atoms with van der Waals surface area (Å²) >= 11 is 0. The summed E-state index contributed by atoms with van der Waals surface area (Å²) in [5, 5.41) is 0.0155. The quantitative estimate of drug-likeness (QED) is 0.451. The van der Waals surface area contributed by atoms with Crippen LogP contribution in [0.25, 0.3) is 0 Å². The number of rotatable bonds is 8. The summed E-state index contributed by atoms with van der Waals surface area (Å²) in [5.41, 5.74) is 0.652. The van der Waals surface area contributed by atoms with Crippen molar-refractivity contribution in [2.24, 2.45) is 0 Å². The molecule has 0 aliphatic carbocycles. The molecule has 0 saturated carbocycles. The number of hydrogen-bond donors (Lipinski definition) is 0. The van der Waals surface area contributed by atoms with Crippen LogP contribution in [0.5, 0.6) is 5.75 Å². The molecule has 0 spiro atoms. The van der Waals surface area contributed by atoms with Crippen LogP contribution < -0.4 is 4.74 Å². The van der Waals surface area contributed by atoms with E-state index in [9.17, 15) is 9.18 Å². The second-order valence-electron chi connectivity index (χ2n) is 8.37. The predicted molar refractivity (Wildman–Crippen MR) is 112 cm³/mol. The summed E-state index contributed by atoms with van der Waals surface area (Å²) in [6.45, 7) is 12.9. The first-order valence-electron chi connectivity index (χ1n) is 9.69. The van der Waals surface area contributed by atoms with Gasteiger partial charge in [0.05, 0.1) is 32.7 Å². The maximum Gasteiger partial charge on any atom is 0.359 e. The minimum Gasteiger partial charge on any atom is -0.497 e. The van der Waals surface area contributed by atoms with Gasteiger partial charge in [0, 0.05) is 0 Å². The molecule has 2 aromatic rings. The van der Waals surface area contributed by atoms with Gasteiger partial charge in [0.25, 0.3) is 0 Å². The summed E-state index contributed by atoms with van der Waals surface area (Å²) in [6, 6.07) is 6.97. The maximum atomic E-state index is 14.4. The molecule has 1 unspecified atom stereocenters. The zero-order chi connectivity index (χ0) is 21.8. The smallest absolute Gasteiger partial charge is 0.359 e. The molecule has 2 rings (SSSR count). The van der Waals surface area contributed by atoms with Crippen LogP contribution in [0.15, 0.2) is 30.6 Å². The number of halogens is 1. The topological polar surface area (TPSA) is 62.6 Å². The molecular formula is C21H31FN2O4Si. The molecule has 8 heteroatoms. The Balaban J connectivity index is 2.47. The lowest BCUT2D eigenvalue weighted by molar-refractivity contribution is 0.0504. The lowest BCUT2D eigenvalue weighted by Gasteiger charge is -2.37. The van der Waals surface area contributed by atoms with Crippen molar-refractivity contribution in [1.29, 1.82) is 0 Å². The van der Waals surface area contributed by atoms with Crippen molar-refractivity contribution in [3.8, 4) is 5.75 Å². The highest BCUT2D eigenvalue weighted by molar-refractivity contribution is 6.74. The normalized spacial score (nSPS) is 13.2. The van der Waals surface area contributed by atoms with Gasteiger partial charge >= 0.3 is 5.97 Å². The molecule has 6 nitrogen and oxygen atoms in total. The third kappa shape index (κ3) is 5.25. The number of nitrogens with zero attached hydrogens (tertiary/aromatic N) is 2. The Hall–Kier alpha value is -2.19. The van der Waals surface area contributed by atoms with Crippen molar-refractivity contribution in [3.63, 3.8) is 0 Å². The van der Waals surface area contributed by atoms with Crippen molar-refractivity contribution >= 4 is 14.3 Å². The minimum atomic E-state index is -2.07. The molecule has 1 atom stereocenters. The Labute approximate surface area is 173 Å². The standard InChI is InChI=1S/C21H31FN2O4Si/c1-8-27-20(25)18-19(22)23-14-24(18)17(13-28-29(6,7)21(2,3)4)15-9-11-16(26-5)12-10-15/h9-12,14,17H,8,13H2,1-7H3. The van der Waals surface area contributed by atoms with Crippen LogP contribution in [0.2, 0.25) is 18.1 Å². The number of carbonyl (C=O) groups excluding carboxylic acids is 1. The zero-order valence-corrected chi connectivity index (χ0v) is 19.3. The van der Waals surface area contributed by atoms with Crippen LogP contribution >= 0.6 is 0 Å². The van der Waals surface area contributed by atoms with Gasteiger partial charge in [-0.15, -0.1) is 0 Å². The molecule has 160 valence electrons. The van der Waals surface area contributed by atoms with E-state index in [2.05, 4.69) is 38.8 Å². The van der Waals surface area contributed by atoms with E-state index in [0.29, 0.717) is 5.75 Å². The van der Waals surface area contributed by atoms with Crippen molar-refractivity contribution in [3.05, 3.63) is 47.8 Å². The molecule has 0 bridgehead atoms. The molecule has 0 radical (unpaired) electrons. The van der Waals surface area contributed by atoms with Gasteiger partial charge in [0.2, 0.25) is 5.95 Å². The number of imidazole rings is 1. The number of carbonyl (C=O) groups is 1. The highest BCUT2D eigenvalue weighted by atomic mass is 28.4. The van der Waals surface area contributed by atoms with E-state index in [1.54, 1.807) is 14.0 Å². The number of aromatic nitrogens is 2. The van der Waals surface area contributed by atoms with E-state index in [-0.39, 0.29) is 23.9 Å². The highest BCUT2D eigenvalue weighted by Gasteiger charge is 2.38. The molecule has 0 saturated heterocycles. The van der Waals surface area contributed by atoms with Gasteiger partial charge in [-0.05, 0) is 42.8 Å². The molecule has 0 aliphatic rings. The fraction of sp³-hybridized carbons (Fsp3) is 0.524. The molecule has 1 aromatic carbocycles. The monoisotopic (exact) mass is 422 g/mol. The van der Waals surface area contributed by atoms with Crippen LogP contribution in [-0.2, 0) is 9.16 Å². The van der Waals surface area contributed by atoms with Gasteiger partial charge in [0.1, 0.15) is 5.75 Å². The van der Waals surface area contributed by atoms with Crippen LogP contribution in [-0.4, -0.2) is 44.2 Å². The number of ether oxygens (including phenoxy) is 2. The van der Waals surface area contributed by atoms with Gasteiger partial charge in [0.15, 0.2) is 14.0 Å². The average Bonchev–Trinajstić information content (AvgIpc) is 3.03. The Morgan fingerprint density at radius 3 is 2.38 bits per heavy atom. The van der Waals surface area contributed by atoms with E-state index >= 15 is 0 Å². The molecule has 29 heavy (non-hydrogen) atoms. The van der Waals surface area contributed by atoms with Crippen LogP contribution in [0.1, 0.15) is 49.8 Å². The van der Waals surface area contributed by atoms with E-state index in [4.69, 9.17) is 13.9 Å². The highest BCUT2D eigenvalue weighted by Crippen LogP contribution is 2.37. The molecule has 1 heterocycles. The Bertz CT molecular complexity index is 828. The third-order valence-electron chi connectivity index (χ3n) is 5.46. The van der Waals surface area contributed by atoms with Crippen LogP contribution in [0.4, 0.5) is 4.39 Å². The molecular weight excluding hydrogens is 391 g/mol. The van der Waals surface area contributed by atoms with E-state index in [1.165, 1.54) is 10.9 Å². The SMILES string of the molecule is CCOC(=O)c1c(F)ncn1C(CO[Si](C)(C)C(C)(C)C)c1ccc(OC)cc1. The Morgan fingerprint density at radius 2 is 1.86 bits per heavy atom. The van der Waals surface area contributed by atoms with Crippen molar-refractivity contribution in [1.82, 2.24) is 9.55 Å². The first-order chi connectivity index (χ1) is 13.5. The van der Waals surface area contributed by atoms with Gasteiger partial charge in [-0.1, -0.05) is 32.9 Å². The summed E-state index contributed by atoms with van der Waals surface area (Å²) in [6.07, 6.45) is 1.32. The molecule has 1 aromatic heterocycles.